The van der Waals surface area contributed by atoms with Gasteiger partial charge in [-0.15, -0.1) is 4.33 Å². The minimum atomic E-state index is -5.10. The smallest absolute Gasteiger partial charge is 0.298 e. The summed E-state index contributed by atoms with van der Waals surface area (Å²) in [7, 11) is -13.2. The molecule has 14 nitrogen and oxygen atoms in total. The molecule has 0 atom stereocenters. The van der Waals surface area contributed by atoms with Crippen molar-refractivity contribution in [1.29, 1.82) is 0 Å². The molecule has 0 saturated heterocycles. The lowest BCUT2D eigenvalue weighted by Gasteiger charge is -2.14. The van der Waals surface area contributed by atoms with Crippen LogP contribution in [0, 0.1) is 0 Å². The summed E-state index contributed by atoms with van der Waals surface area (Å²) in [5.41, 5.74) is 0. The summed E-state index contributed by atoms with van der Waals surface area (Å²) in [6, 6.07) is 17.7. The Morgan fingerprint density at radius 1 is 0.628 bits per heavy atom. The van der Waals surface area contributed by atoms with E-state index >= 15 is 0 Å². The number of hydrogen-bond acceptors (Lipinski definition) is 13. The van der Waals surface area contributed by atoms with Gasteiger partial charge in [0.1, 0.15) is 38.5 Å². The molecule has 0 aliphatic heterocycles. The van der Waals surface area contributed by atoms with Gasteiger partial charge in [-0.1, -0.05) is 23.2 Å². The fourth-order valence-corrected chi connectivity index (χ4v) is 6.84. The van der Waals surface area contributed by atoms with Crippen molar-refractivity contribution in [1.82, 2.24) is 0 Å². The van der Waals surface area contributed by atoms with Gasteiger partial charge in [0.2, 0.25) is 9.84 Å². The molecule has 0 unspecified atom stereocenters. The molecule has 0 fully saturated rings. The van der Waals surface area contributed by atoms with Crippen LogP contribution in [0.1, 0.15) is 0 Å². The molecule has 0 spiro atoms. The molecule has 4 rings (SSSR count). The summed E-state index contributed by atoms with van der Waals surface area (Å²) >= 11 is 0.421. The summed E-state index contributed by atoms with van der Waals surface area (Å²) in [4.78, 5) is -2.55. The first-order valence-corrected chi connectivity index (χ1v) is 16.6. The van der Waals surface area contributed by atoms with Gasteiger partial charge in [0.25, 0.3) is 20.2 Å². The SMILES string of the molecule is COc1ccc(Oc2ccc(S(=O)(=O)c3ccc(Oc4ccccc4)c(SOOO)c3)cc2S(=O)(=O)O)cc1S(=O)(=O)O. The Morgan fingerprint density at radius 3 is 1.79 bits per heavy atom. The Bertz CT molecular complexity index is 1960. The summed E-state index contributed by atoms with van der Waals surface area (Å²) in [6.45, 7) is 0. The van der Waals surface area contributed by atoms with Crippen molar-refractivity contribution in [3.8, 4) is 28.7 Å². The molecule has 3 N–H and O–H groups in total. The van der Waals surface area contributed by atoms with Crippen LogP contribution in [0.4, 0.5) is 0 Å². The van der Waals surface area contributed by atoms with Gasteiger partial charge in [-0.2, -0.15) is 16.8 Å². The van der Waals surface area contributed by atoms with E-state index in [9.17, 15) is 34.4 Å². The second-order valence-electron chi connectivity index (χ2n) is 8.23. The average Bonchev–Trinajstić information content (AvgIpc) is 2.96. The Labute approximate surface area is 249 Å². The maximum absolute atomic E-state index is 13.5. The van der Waals surface area contributed by atoms with E-state index in [0.717, 1.165) is 37.4 Å². The van der Waals surface area contributed by atoms with E-state index in [1.165, 1.54) is 18.2 Å². The normalized spacial score (nSPS) is 12.1. The maximum Gasteiger partial charge on any atom is 0.298 e. The van der Waals surface area contributed by atoms with E-state index in [0.29, 0.717) is 23.9 Å². The molecule has 0 heterocycles. The third-order valence-corrected chi connectivity index (χ3v) is 9.62. The zero-order valence-electron chi connectivity index (χ0n) is 21.5. The van der Waals surface area contributed by atoms with Crippen molar-refractivity contribution in [3.05, 3.63) is 84.9 Å². The van der Waals surface area contributed by atoms with Gasteiger partial charge >= 0.3 is 0 Å². The van der Waals surface area contributed by atoms with Crippen LogP contribution in [0.3, 0.4) is 0 Å². The van der Waals surface area contributed by atoms with Gasteiger partial charge in [0.15, 0.2) is 0 Å². The largest absolute Gasteiger partial charge is 0.495 e. The van der Waals surface area contributed by atoms with Gasteiger partial charge in [-0.3, -0.25) is 9.11 Å². The standard InChI is InChI=1S/C25H20O14S4/c1-35-21-10-7-17(13-24(21)42(29,30)31)37-22-12-9-19(15-25(22)43(32,33)34)41(27,28)18-8-11-20(23(14-18)40-39-38-26)36-16-5-3-2-4-6-16/h2-15,26H,1H3,(H,29,30,31)(H,32,33,34). The topological polar surface area (TPSA) is 209 Å². The van der Waals surface area contributed by atoms with E-state index in [1.807, 2.05) is 0 Å². The van der Waals surface area contributed by atoms with Crippen LogP contribution in [-0.4, -0.2) is 46.7 Å². The van der Waals surface area contributed by atoms with E-state index in [-0.39, 0.29) is 27.0 Å². The molecular formula is C25H20O14S4. The highest BCUT2D eigenvalue weighted by Crippen LogP contribution is 2.39. The molecular weight excluding hydrogens is 653 g/mol. The van der Waals surface area contributed by atoms with Crippen molar-refractivity contribution in [2.24, 2.45) is 0 Å². The zero-order valence-corrected chi connectivity index (χ0v) is 24.8. The summed E-state index contributed by atoms with van der Waals surface area (Å²) in [5, 5.41) is 12.2. The number of methoxy groups -OCH3 is 1. The first-order valence-electron chi connectivity index (χ1n) is 11.5. The van der Waals surface area contributed by atoms with Gasteiger partial charge in [0.05, 0.1) is 33.8 Å². The lowest BCUT2D eigenvalue weighted by Crippen LogP contribution is -2.07. The number of ether oxygens (including phenoxy) is 3. The highest BCUT2D eigenvalue weighted by Gasteiger charge is 2.26. The number of sulfone groups is 1. The predicted octanol–water partition coefficient (Wildman–Crippen LogP) is 5.03. The third kappa shape index (κ3) is 7.63. The fraction of sp³-hybridized carbons (Fsp3) is 0.0400. The predicted molar refractivity (Wildman–Crippen MR) is 148 cm³/mol. The quantitative estimate of drug-likeness (QED) is 0.0780. The lowest BCUT2D eigenvalue weighted by atomic mass is 10.3. The van der Waals surface area contributed by atoms with Gasteiger partial charge < -0.3 is 14.2 Å². The molecule has 4 aromatic rings. The molecule has 43 heavy (non-hydrogen) atoms. The van der Waals surface area contributed by atoms with Crippen LogP contribution >= 0.6 is 12.0 Å². The second kappa shape index (κ2) is 12.9. The number of hydrogen-bond donors (Lipinski definition) is 3. The second-order valence-corrected chi connectivity index (χ2v) is 13.7. The van der Waals surface area contributed by atoms with Crippen molar-refractivity contribution in [2.45, 2.75) is 24.5 Å². The molecule has 4 aromatic carbocycles. The zero-order chi connectivity index (χ0) is 31.4. The van der Waals surface area contributed by atoms with Crippen molar-refractivity contribution in [3.63, 3.8) is 0 Å². The van der Waals surface area contributed by atoms with Crippen LogP contribution in [0.25, 0.3) is 0 Å². The van der Waals surface area contributed by atoms with Crippen molar-refractivity contribution < 1.29 is 63.2 Å². The summed E-state index contributed by atoms with van der Waals surface area (Å²) in [6.07, 6.45) is 0. The minimum absolute atomic E-state index is 0.0445. The Hall–Kier alpha value is -3.72. The van der Waals surface area contributed by atoms with Crippen LogP contribution < -0.4 is 14.2 Å². The maximum atomic E-state index is 13.5. The molecule has 0 saturated carbocycles. The molecule has 228 valence electrons. The van der Waals surface area contributed by atoms with E-state index < -0.39 is 50.5 Å². The fourth-order valence-electron chi connectivity index (χ4n) is 3.60. The number of para-hydroxylation sites is 1. The highest BCUT2D eigenvalue weighted by atomic mass is 32.2. The molecule has 0 aromatic heterocycles. The van der Waals surface area contributed by atoms with Crippen molar-refractivity contribution >= 4 is 42.1 Å². The lowest BCUT2D eigenvalue weighted by molar-refractivity contribution is -0.432. The summed E-state index contributed by atoms with van der Waals surface area (Å²) in [5.74, 6) is -0.572. The van der Waals surface area contributed by atoms with Crippen LogP contribution in [0.15, 0.2) is 109 Å². The van der Waals surface area contributed by atoms with Crippen LogP contribution in [0.5, 0.6) is 28.7 Å². The van der Waals surface area contributed by atoms with Crippen molar-refractivity contribution in [2.75, 3.05) is 7.11 Å². The molecule has 18 heteroatoms. The van der Waals surface area contributed by atoms with E-state index in [4.69, 9.17) is 19.5 Å². The van der Waals surface area contributed by atoms with E-state index in [2.05, 4.69) is 9.37 Å². The Kier molecular flexibility index (Phi) is 9.64. The first kappa shape index (κ1) is 32.2. The van der Waals surface area contributed by atoms with Gasteiger partial charge in [-0.05, 0) is 60.7 Å². The first-order chi connectivity index (χ1) is 20.2. The van der Waals surface area contributed by atoms with E-state index in [1.54, 1.807) is 30.3 Å². The summed E-state index contributed by atoms with van der Waals surface area (Å²) < 4.78 is 115. The number of benzene rings is 4. The molecule has 0 bridgehead atoms. The molecule has 0 radical (unpaired) electrons. The Balaban J connectivity index is 1.74. The minimum Gasteiger partial charge on any atom is -0.495 e. The monoisotopic (exact) mass is 672 g/mol. The van der Waals surface area contributed by atoms with Gasteiger partial charge in [0, 0.05) is 6.07 Å². The molecule has 0 aliphatic carbocycles. The highest BCUT2D eigenvalue weighted by molar-refractivity contribution is 7.94. The molecule has 0 amide bonds. The number of rotatable bonds is 12. The third-order valence-electron chi connectivity index (χ3n) is 5.49. The van der Waals surface area contributed by atoms with Crippen LogP contribution in [-0.2, 0) is 39.4 Å². The van der Waals surface area contributed by atoms with Gasteiger partial charge in [-0.25, -0.2) is 13.7 Å². The molecule has 0 aliphatic rings. The Morgan fingerprint density at radius 2 is 1.19 bits per heavy atom. The van der Waals surface area contributed by atoms with Crippen LogP contribution in [0.2, 0.25) is 0 Å². The average molecular weight is 673 g/mol.